The summed E-state index contributed by atoms with van der Waals surface area (Å²) in [4.78, 5) is 37.8. The number of fused-ring (bicyclic) bond motifs is 3. The van der Waals surface area contributed by atoms with Gasteiger partial charge in [-0.3, -0.25) is 9.59 Å². The Kier molecular flexibility index (Phi) is 3.65. The largest absolute Gasteiger partial charge is 0.472 e. The van der Waals surface area contributed by atoms with Crippen molar-refractivity contribution in [3.63, 3.8) is 0 Å². The topological polar surface area (TPSA) is 92.0 Å². The van der Waals surface area contributed by atoms with Crippen LogP contribution in [-0.4, -0.2) is 30.1 Å². The molecule has 7 atom stereocenters. The van der Waals surface area contributed by atoms with Crippen molar-refractivity contribution in [1.82, 2.24) is 0 Å². The van der Waals surface area contributed by atoms with Crippen LogP contribution in [0.2, 0.25) is 0 Å². The molecule has 0 spiro atoms. The highest BCUT2D eigenvalue weighted by atomic mass is 16.6. The molecule has 29 heavy (non-hydrogen) atoms. The normalized spacial score (nSPS) is 42.8. The predicted molar refractivity (Wildman–Crippen MR) is 98.1 cm³/mol. The zero-order valence-corrected chi connectivity index (χ0v) is 16.9. The number of furan rings is 1. The van der Waals surface area contributed by atoms with Gasteiger partial charge in [0.1, 0.15) is 18.3 Å². The summed E-state index contributed by atoms with van der Waals surface area (Å²) in [7, 11) is 0. The molecule has 6 rings (SSSR count). The Morgan fingerprint density at radius 3 is 2.62 bits per heavy atom. The van der Waals surface area contributed by atoms with Crippen LogP contribution in [0.5, 0.6) is 0 Å². The van der Waals surface area contributed by atoms with Crippen LogP contribution < -0.4 is 0 Å². The van der Waals surface area contributed by atoms with Crippen LogP contribution in [0.4, 0.5) is 0 Å². The molecular weight excluding hydrogens is 376 g/mol. The van der Waals surface area contributed by atoms with Crippen LogP contribution in [0.1, 0.15) is 52.2 Å². The standard InChI is InChI=1S/C22H24O7/c1-10-15-14(16(29-19(10)24)12-6-8-26-9-12)17(27-11(2)23)18-21(3)7-5-13(22(15,18)4)28-20(21)25/h6,8-9,13-14,16-18H,5,7H2,1-4H3/t13-,14+,16-,17+,18-,21+,22-/m1/s1. The summed E-state index contributed by atoms with van der Waals surface area (Å²) in [6, 6.07) is 1.75. The first kappa shape index (κ1) is 18.5. The Morgan fingerprint density at radius 1 is 1.24 bits per heavy atom. The molecule has 0 aromatic carbocycles. The summed E-state index contributed by atoms with van der Waals surface area (Å²) >= 11 is 0. The average molecular weight is 400 g/mol. The molecule has 3 aliphatic heterocycles. The summed E-state index contributed by atoms with van der Waals surface area (Å²) in [6.07, 6.45) is 2.85. The summed E-state index contributed by atoms with van der Waals surface area (Å²) in [5.74, 6) is -1.75. The second kappa shape index (κ2) is 5.74. The van der Waals surface area contributed by atoms with Crippen LogP contribution in [0.15, 0.2) is 34.2 Å². The zero-order chi connectivity index (χ0) is 20.7. The molecule has 154 valence electrons. The minimum atomic E-state index is -0.793. The summed E-state index contributed by atoms with van der Waals surface area (Å²) in [6.45, 7) is 7.07. The van der Waals surface area contributed by atoms with Gasteiger partial charge in [0.15, 0.2) is 0 Å². The van der Waals surface area contributed by atoms with Gasteiger partial charge >= 0.3 is 17.9 Å². The maximum atomic E-state index is 12.9. The van der Waals surface area contributed by atoms with Gasteiger partial charge in [-0.05, 0) is 38.3 Å². The molecule has 5 aliphatic rings. The molecule has 1 aromatic heterocycles. The molecule has 2 saturated heterocycles. The quantitative estimate of drug-likeness (QED) is 0.556. The molecular formula is C22H24O7. The summed E-state index contributed by atoms with van der Waals surface area (Å²) in [5.41, 5.74) is 0.719. The maximum absolute atomic E-state index is 12.9. The van der Waals surface area contributed by atoms with E-state index in [4.69, 9.17) is 18.6 Å². The smallest absolute Gasteiger partial charge is 0.334 e. The number of cyclic esters (lactones) is 1. The fourth-order valence-electron chi connectivity index (χ4n) is 6.61. The van der Waals surface area contributed by atoms with Crippen molar-refractivity contribution in [2.75, 3.05) is 0 Å². The van der Waals surface area contributed by atoms with Gasteiger partial charge in [-0.15, -0.1) is 0 Å². The third-order valence-corrected chi connectivity index (χ3v) is 7.68. The summed E-state index contributed by atoms with van der Waals surface area (Å²) in [5, 5.41) is 0. The van der Waals surface area contributed by atoms with Crippen LogP contribution in [0.25, 0.3) is 0 Å². The molecule has 4 heterocycles. The SMILES string of the molecule is CC(=O)O[C@H]1[C@H]2C(=C(C)C(=O)O[C@@H]2c2ccoc2)[C@@]2(C)[C@H]3CC[C@](C)(C(=O)O3)[C@@H]12. The Balaban J connectivity index is 1.77. The Labute approximate surface area is 168 Å². The Morgan fingerprint density at radius 2 is 2.00 bits per heavy atom. The van der Waals surface area contributed by atoms with E-state index < -0.39 is 40.9 Å². The third-order valence-electron chi connectivity index (χ3n) is 7.68. The van der Waals surface area contributed by atoms with E-state index in [1.165, 1.54) is 13.2 Å². The van der Waals surface area contributed by atoms with Gasteiger partial charge in [0, 0.05) is 29.4 Å². The Hall–Kier alpha value is -2.57. The molecule has 2 aliphatic carbocycles. The molecule has 0 unspecified atom stereocenters. The second-order valence-corrected chi connectivity index (χ2v) is 9.13. The molecule has 0 amide bonds. The lowest BCUT2D eigenvalue weighted by molar-refractivity contribution is -0.223. The van der Waals surface area contributed by atoms with Crippen molar-refractivity contribution in [1.29, 1.82) is 0 Å². The number of hydrogen-bond acceptors (Lipinski definition) is 7. The summed E-state index contributed by atoms with van der Waals surface area (Å²) < 4.78 is 22.8. The molecule has 2 saturated carbocycles. The lowest BCUT2D eigenvalue weighted by atomic mass is 9.52. The minimum absolute atomic E-state index is 0.252. The molecule has 1 aromatic rings. The molecule has 7 heteroatoms. The second-order valence-electron chi connectivity index (χ2n) is 9.13. The van der Waals surface area contributed by atoms with E-state index in [1.54, 1.807) is 19.3 Å². The van der Waals surface area contributed by atoms with Gasteiger partial charge < -0.3 is 18.6 Å². The van der Waals surface area contributed by atoms with Gasteiger partial charge in [-0.1, -0.05) is 6.92 Å². The molecule has 0 N–H and O–H groups in total. The number of carbonyl (C=O) groups excluding carboxylic acids is 3. The van der Waals surface area contributed by atoms with Gasteiger partial charge in [0.25, 0.3) is 0 Å². The number of ether oxygens (including phenoxy) is 3. The van der Waals surface area contributed by atoms with Gasteiger partial charge in [-0.25, -0.2) is 4.79 Å². The fraction of sp³-hybridized carbons (Fsp3) is 0.591. The van der Waals surface area contributed by atoms with Crippen LogP contribution in [0, 0.1) is 22.7 Å². The van der Waals surface area contributed by atoms with E-state index in [9.17, 15) is 14.4 Å². The highest BCUT2D eigenvalue weighted by Crippen LogP contribution is 2.70. The highest BCUT2D eigenvalue weighted by Gasteiger charge is 2.75. The van der Waals surface area contributed by atoms with E-state index in [1.807, 2.05) is 13.8 Å². The van der Waals surface area contributed by atoms with Crippen LogP contribution in [0.3, 0.4) is 0 Å². The molecule has 7 nitrogen and oxygen atoms in total. The first-order valence-corrected chi connectivity index (χ1v) is 10.0. The fourth-order valence-corrected chi connectivity index (χ4v) is 6.61. The van der Waals surface area contributed by atoms with Crippen molar-refractivity contribution in [3.8, 4) is 0 Å². The lowest BCUT2D eigenvalue weighted by Gasteiger charge is -2.57. The average Bonchev–Trinajstić information content (AvgIpc) is 3.26. The lowest BCUT2D eigenvalue weighted by Crippen LogP contribution is -2.62. The van der Waals surface area contributed by atoms with Crippen LogP contribution in [-0.2, 0) is 28.6 Å². The van der Waals surface area contributed by atoms with Crippen molar-refractivity contribution in [2.45, 2.75) is 58.8 Å². The predicted octanol–water partition coefficient (Wildman–Crippen LogP) is 3.10. The van der Waals surface area contributed by atoms with E-state index >= 15 is 0 Å². The van der Waals surface area contributed by atoms with Crippen molar-refractivity contribution in [3.05, 3.63) is 35.3 Å². The van der Waals surface area contributed by atoms with Gasteiger partial charge in [-0.2, -0.15) is 0 Å². The van der Waals surface area contributed by atoms with E-state index in [-0.39, 0.29) is 18.0 Å². The first-order valence-electron chi connectivity index (χ1n) is 10.0. The van der Waals surface area contributed by atoms with Crippen molar-refractivity contribution >= 4 is 17.9 Å². The Bertz CT molecular complexity index is 944. The molecule has 0 radical (unpaired) electrons. The number of hydrogen-bond donors (Lipinski definition) is 0. The highest BCUT2D eigenvalue weighted by molar-refractivity contribution is 5.91. The zero-order valence-electron chi connectivity index (χ0n) is 16.9. The first-order chi connectivity index (χ1) is 13.7. The number of carbonyl (C=O) groups is 3. The van der Waals surface area contributed by atoms with E-state index in [0.29, 0.717) is 17.6 Å². The molecule has 2 bridgehead atoms. The monoisotopic (exact) mass is 400 g/mol. The van der Waals surface area contributed by atoms with E-state index in [0.717, 1.165) is 12.0 Å². The van der Waals surface area contributed by atoms with Crippen LogP contribution >= 0.6 is 0 Å². The van der Waals surface area contributed by atoms with Gasteiger partial charge in [0.05, 0.1) is 23.9 Å². The van der Waals surface area contributed by atoms with Gasteiger partial charge in [0.2, 0.25) is 0 Å². The number of esters is 3. The minimum Gasteiger partial charge on any atom is -0.472 e. The van der Waals surface area contributed by atoms with E-state index in [2.05, 4.69) is 0 Å². The maximum Gasteiger partial charge on any atom is 0.334 e. The third kappa shape index (κ3) is 2.16. The van der Waals surface area contributed by atoms with Crippen molar-refractivity contribution < 1.29 is 33.0 Å². The number of rotatable bonds is 2. The molecule has 4 fully saturated rings. The van der Waals surface area contributed by atoms with Crippen molar-refractivity contribution in [2.24, 2.45) is 22.7 Å².